The molecule has 0 amide bonds. The van der Waals surface area contributed by atoms with Gasteiger partial charge in [0.05, 0.1) is 0 Å². The van der Waals surface area contributed by atoms with E-state index in [1.807, 2.05) is 0 Å². The molecule has 0 atom stereocenters. The number of rotatable bonds is 2. The Kier molecular flexibility index (Phi) is 1.86. The summed E-state index contributed by atoms with van der Waals surface area (Å²) in [5.41, 5.74) is 0.305. The first-order valence-corrected chi connectivity index (χ1v) is 3.09. The molecular formula is C7H6O5. The summed E-state index contributed by atoms with van der Waals surface area (Å²) in [6, 6.07) is 1.17. The lowest BCUT2D eigenvalue weighted by atomic mass is 10.3. The van der Waals surface area contributed by atoms with Crippen LogP contribution in [0.3, 0.4) is 0 Å². The number of hydrogen-bond donors (Lipinski definition) is 2. The molecule has 12 heavy (non-hydrogen) atoms. The lowest BCUT2D eigenvalue weighted by Crippen LogP contribution is -1.96. The summed E-state index contributed by atoms with van der Waals surface area (Å²) < 4.78 is 4.54. The van der Waals surface area contributed by atoms with Crippen LogP contribution >= 0.6 is 0 Å². The molecule has 2 N–H and O–H groups in total. The molecule has 64 valence electrons. The van der Waals surface area contributed by atoms with E-state index in [9.17, 15) is 9.59 Å². The normalized spacial score (nSPS) is 9.75. The summed E-state index contributed by atoms with van der Waals surface area (Å²) in [4.78, 5) is 20.7. The minimum Gasteiger partial charge on any atom is -0.475 e. The van der Waals surface area contributed by atoms with Gasteiger partial charge in [-0.15, -0.1) is 0 Å². The molecule has 1 heterocycles. The quantitative estimate of drug-likeness (QED) is 0.690. The summed E-state index contributed by atoms with van der Waals surface area (Å²) in [6.07, 6.45) is 0. The van der Waals surface area contributed by atoms with Crippen molar-refractivity contribution < 1.29 is 24.2 Å². The van der Waals surface area contributed by atoms with Gasteiger partial charge in [-0.25, -0.2) is 9.59 Å². The number of aromatic carboxylic acids is 2. The van der Waals surface area contributed by atoms with Gasteiger partial charge in [-0.2, -0.15) is 0 Å². The summed E-state index contributed by atoms with van der Waals surface area (Å²) in [5, 5.41) is 16.9. The van der Waals surface area contributed by atoms with Gasteiger partial charge in [-0.1, -0.05) is 0 Å². The number of carboxylic acid groups (broad SMARTS) is 2. The maximum Gasteiger partial charge on any atom is 0.372 e. The minimum atomic E-state index is -1.27. The molecule has 0 aliphatic rings. The molecule has 0 saturated carbocycles. The van der Waals surface area contributed by atoms with Crippen LogP contribution in [0.25, 0.3) is 0 Å². The van der Waals surface area contributed by atoms with Gasteiger partial charge < -0.3 is 14.6 Å². The van der Waals surface area contributed by atoms with Crippen LogP contribution in [0.1, 0.15) is 26.7 Å². The van der Waals surface area contributed by atoms with E-state index in [4.69, 9.17) is 10.2 Å². The van der Waals surface area contributed by atoms with Crippen molar-refractivity contribution in [1.82, 2.24) is 0 Å². The second-order valence-electron chi connectivity index (χ2n) is 2.23. The summed E-state index contributed by atoms with van der Waals surface area (Å²) >= 11 is 0. The lowest BCUT2D eigenvalue weighted by molar-refractivity contribution is 0.0631. The Morgan fingerprint density at radius 3 is 2.17 bits per heavy atom. The van der Waals surface area contributed by atoms with Gasteiger partial charge in [-0.05, 0) is 13.0 Å². The molecule has 1 aromatic heterocycles. The number of aryl methyl sites for hydroxylation is 1. The second-order valence-corrected chi connectivity index (χ2v) is 2.23. The van der Waals surface area contributed by atoms with E-state index in [1.165, 1.54) is 13.0 Å². The lowest BCUT2D eigenvalue weighted by Gasteiger charge is -1.86. The van der Waals surface area contributed by atoms with E-state index < -0.39 is 11.9 Å². The van der Waals surface area contributed by atoms with Gasteiger partial charge >= 0.3 is 11.9 Å². The van der Waals surface area contributed by atoms with Crippen LogP contribution < -0.4 is 0 Å². The number of carbonyl (C=O) groups is 2. The van der Waals surface area contributed by atoms with E-state index in [1.54, 1.807) is 0 Å². The molecule has 5 nitrogen and oxygen atoms in total. The highest BCUT2D eigenvalue weighted by Gasteiger charge is 2.17. The molecule has 0 radical (unpaired) electrons. The van der Waals surface area contributed by atoms with Crippen LogP contribution in [0.4, 0.5) is 0 Å². The Hall–Kier alpha value is -1.78. The largest absolute Gasteiger partial charge is 0.475 e. The van der Waals surface area contributed by atoms with Gasteiger partial charge in [0.2, 0.25) is 11.5 Å². The molecule has 0 aliphatic carbocycles. The minimum absolute atomic E-state index is 0.305. The van der Waals surface area contributed by atoms with Gasteiger partial charge in [0.25, 0.3) is 0 Å². The molecule has 0 aliphatic heterocycles. The van der Waals surface area contributed by atoms with Crippen LogP contribution in [-0.4, -0.2) is 22.2 Å². The van der Waals surface area contributed by atoms with E-state index in [2.05, 4.69) is 4.42 Å². The molecule has 5 heteroatoms. The molecule has 0 aromatic carbocycles. The average molecular weight is 170 g/mol. The highest BCUT2D eigenvalue weighted by molar-refractivity contribution is 5.90. The van der Waals surface area contributed by atoms with Crippen molar-refractivity contribution in [1.29, 1.82) is 0 Å². The van der Waals surface area contributed by atoms with E-state index in [0.717, 1.165) is 0 Å². The first kappa shape index (κ1) is 8.32. The third-order valence-corrected chi connectivity index (χ3v) is 1.32. The molecule has 0 saturated heterocycles. The predicted molar refractivity (Wildman–Crippen MR) is 37.4 cm³/mol. The topological polar surface area (TPSA) is 87.7 Å². The SMILES string of the molecule is Cc1cc(C(=O)O)oc1C(=O)O. The molecule has 0 spiro atoms. The van der Waals surface area contributed by atoms with Crippen molar-refractivity contribution in [3.05, 3.63) is 23.2 Å². The zero-order chi connectivity index (χ0) is 9.30. The van der Waals surface area contributed by atoms with Crippen LogP contribution in [-0.2, 0) is 0 Å². The van der Waals surface area contributed by atoms with Crippen molar-refractivity contribution in [2.24, 2.45) is 0 Å². The van der Waals surface area contributed by atoms with Gasteiger partial charge in [-0.3, -0.25) is 0 Å². The van der Waals surface area contributed by atoms with Crippen molar-refractivity contribution in [2.75, 3.05) is 0 Å². The fourth-order valence-electron chi connectivity index (χ4n) is 0.800. The van der Waals surface area contributed by atoms with Crippen molar-refractivity contribution in [3.8, 4) is 0 Å². The van der Waals surface area contributed by atoms with E-state index in [0.29, 0.717) is 5.56 Å². The third-order valence-electron chi connectivity index (χ3n) is 1.32. The van der Waals surface area contributed by atoms with Crippen molar-refractivity contribution in [3.63, 3.8) is 0 Å². The zero-order valence-corrected chi connectivity index (χ0v) is 6.20. The second kappa shape index (κ2) is 2.69. The Morgan fingerprint density at radius 2 is 1.92 bits per heavy atom. The molecule has 0 bridgehead atoms. The average Bonchev–Trinajstić information content (AvgIpc) is 2.30. The number of hydrogen-bond acceptors (Lipinski definition) is 3. The Morgan fingerprint density at radius 1 is 1.33 bits per heavy atom. The fraction of sp³-hybridized carbons (Fsp3) is 0.143. The molecule has 1 rings (SSSR count). The standard InChI is InChI=1S/C7H6O5/c1-3-2-4(6(8)9)12-5(3)7(10)11/h2H,1H3,(H,8,9)(H,10,11). The Bertz CT molecular complexity index is 336. The highest BCUT2D eigenvalue weighted by atomic mass is 16.4. The van der Waals surface area contributed by atoms with Gasteiger partial charge in [0.1, 0.15) is 0 Å². The van der Waals surface area contributed by atoms with Gasteiger partial charge in [0.15, 0.2) is 0 Å². The van der Waals surface area contributed by atoms with E-state index in [-0.39, 0.29) is 11.5 Å². The maximum atomic E-state index is 10.4. The number of furan rings is 1. The van der Waals surface area contributed by atoms with Crippen LogP contribution in [0.15, 0.2) is 10.5 Å². The van der Waals surface area contributed by atoms with Crippen molar-refractivity contribution in [2.45, 2.75) is 6.92 Å². The third kappa shape index (κ3) is 1.29. The van der Waals surface area contributed by atoms with Crippen LogP contribution in [0.5, 0.6) is 0 Å². The van der Waals surface area contributed by atoms with Crippen LogP contribution in [0.2, 0.25) is 0 Å². The molecular weight excluding hydrogens is 164 g/mol. The summed E-state index contributed by atoms with van der Waals surface area (Å²) in [7, 11) is 0. The van der Waals surface area contributed by atoms with Crippen molar-refractivity contribution >= 4 is 11.9 Å². The molecule has 0 fully saturated rings. The fourth-order valence-corrected chi connectivity index (χ4v) is 0.800. The monoisotopic (exact) mass is 170 g/mol. The zero-order valence-electron chi connectivity index (χ0n) is 6.20. The van der Waals surface area contributed by atoms with Crippen LogP contribution in [0, 0.1) is 6.92 Å². The first-order valence-electron chi connectivity index (χ1n) is 3.09. The smallest absolute Gasteiger partial charge is 0.372 e. The summed E-state index contributed by atoms with van der Waals surface area (Å²) in [6.45, 7) is 1.47. The summed E-state index contributed by atoms with van der Waals surface area (Å²) in [5.74, 6) is -3.22. The Balaban J connectivity index is 3.17. The first-order chi connectivity index (χ1) is 5.52. The predicted octanol–water partition coefficient (Wildman–Crippen LogP) is 0.984. The molecule has 0 unspecified atom stereocenters. The maximum absolute atomic E-state index is 10.4. The Labute approximate surface area is 67.2 Å². The van der Waals surface area contributed by atoms with E-state index >= 15 is 0 Å². The highest BCUT2D eigenvalue weighted by Crippen LogP contribution is 2.14. The molecule has 1 aromatic rings. The van der Waals surface area contributed by atoms with Gasteiger partial charge in [0, 0.05) is 5.56 Å². The number of carboxylic acids is 2.